The predicted molar refractivity (Wildman–Crippen MR) is 113 cm³/mol. The first kappa shape index (κ1) is 23.5. The summed E-state index contributed by atoms with van der Waals surface area (Å²) in [7, 11) is 0. The third kappa shape index (κ3) is 6.36. The molecule has 9 nitrogen and oxygen atoms in total. The number of carbonyl (C=O) groups excluding carboxylic acids is 3. The summed E-state index contributed by atoms with van der Waals surface area (Å²) in [5.41, 5.74) is 7.96. The average molecular weight is 427 g/mol. The Bertz CT molecular complexity index is 967. The number of benzene rings is 2. The maximum atomic E-state index is 12.8. The van der Waals surface area contributed by atoms with Crippen molar-refractivity contribution >= 4 is 23.5 Å². The van der Waals surface area contributed by atoms with Gasteiger partial charge in [0.05, 0.1) is 18.0 Å². The van der Waals surface area contributed by atoms with Gasteiger partial charge in [-0.2, -0.15) is 0 Å². The van der Waals surface area contributed by atoms with E-state index in [1.807, 2.05) is 19.9 Å². The summed E-state index contributed by atoms with van der Waals surface area (Å²) < 4.78 is 4.99. The Morgan fingerprint density at radius 3 is 2.16 bits per heavy atom. The van der Waals surface area contributed by atoms with Gasteiger partial charge in [0.25, 0.3) is 11.6 Å². The highest BCUT2D eigenvalue weighted by Gasteiger charge is 2.32. The van der Waals surface area contributed by atoms with Crippen molar-refractivity contribution in [3.63, 3.8) is 0 Å². The fraction of sp³-hybridized carbons (Fsp3) is 0.318. The van der Waals surface area contributed by atoms with E-state index < -0.39 is 34.7 Å². The van der Waals surface area contributed by atoms with Crippen LogP contribution in [0.5, 0.6) is 0 Å². The molecule has 0 radical (unpaired) electrons. The lowest BCUT2D eigenvalue weighted by Crippen LogP contribution is -2.48. The molecular formula is C22H25N3O6. The number of primary amides is 1. The molecule has 0 fully saturated rings. The molecule has 9 heteroatoms. The molecule has 2 rings (SSSR count). The van der Waals surface area contributed by atoms with Crippen molar-refractivity contribution in [1.29, 1.82) is 0 Å². The van der Waals surface area contributed by atoms with E-state index in [0.29, 0.717) is 11.1 Å². The molecule has 0 saturated heterocycles. The Kier molecular flexibility index (Phi) is 7.84. The summed E-state index contributed by atoms with van der Waals surface area (Å²) in [4.78, 5) is 47.7. The quantitative estimate of drug-likeness (QED) is 0.358. The second-order valence-electron chi connectivity index (χ2n) is 7.19. The van der Waals surface area contributed by atoms with Gasteiger partial charge in [-0.1, -0.05) is 29.3 Å². The highest BCUT2D eigenvalue weighted by molar-refractivity contribution is 5.98. The predicted octanol–water partition coefficient (Wildman–Crippen LogP) is 2.53. The van der Waals surface area contributed by atoms with Crippen LogP contribution >= 0.6 is 0 Å². The van der Waals surface area contributed by atoms with Crippen molar-refractivity contribution in [2.45, 2.75) is 39.2 Å². The summed E-state index contributed by atoms with van der Waals surface area (Å²) in [6, 6.07) is 9.40. The third-order valence-electron chi connectivity index (χ3n) is 4.70. The molecule has 0 bridgehead atoms. The lowest BCUT2D eigenvalue weighted by atomic mass is 9.87. The van der Waals surface area contributed by atoms with Gasteiger partial charge in [-0.15, -0.1) is 0 Å². The Labute approximate surface area is 179 Å². The molecular weight excluding hydrogens is 402 g/mol. The second kappa shape index (κ2) is 10.3. The zero-order valence-corrected chi connectivity index (χ0v) is 17.6. The topological polar surface area (TPSA) is 142 Å². The Balaban J connectivity index is 2.40. The lowest BCUT2D eigenvalue weighted by molar-refractivity contribution is -0.384. The van der Waals surface area contributed by atoms with Gasteiger partial charge in [0.15, 0.2) is 0 Å². The molecule has 0 unspecified atom stereocenters. The maximum Gasteiger partial charge on any atom is 0.306 e. The van der Waals surface area contributed by atoms with Crippen LogP contribution in [0.15, 0.2) is 42.5 Å². The van der Waals surface area contributed by atoms with Gasteiger partial charge in [0.2, 0.25) is 5.91 Å². The van der Waals surface area contributed by atoms with Gasteiger partial charge in [-0.3, -0.25) is 24.5 Å². The van der Waals surface area contributed by atoms with Gasteiger partial charge in [-0.25, -0.2) is 0 Å². The third-order valence-corrected chi connectivity index (χ3v) is 4.70. The number of nitro groups is 1. The molecule has 0 spiro atoms. The molecule has 164 valence electrons. The largest absolute Gasteiger partial charge is 0.466 e. The fourth-order valence-electron chi connectivity index (χ4n) is 3.37. The van der Waals surface area contributed by atoms with Gasteiger partial charge in [-0.05, 0) is 38.5 Å². The van der Waals surface area contributed by atoms with Crippen molar-refractivity contribution in [1.82, 2.24) is 5.32 Å². The number of nitrogens with zero attached hydrogens (tertiary/aromatic N) is 1. The van der Waals surface area contributed by atoms with Crippen molar-refractivity contribution in [3.8, 4) is 0 Å². The number of ether oxygens (including phenoxy) is 1. The zero-order valence-electron chi connectivity index (χ0n) is 17.6. The van der Waals surface area contributed by atoms with Crippen molar-refractivity contribution < 1.29 is 24.0 Å². The summed E-state index contributed by atoms with van der Waals surface area (Å²) in [5.74, 6) is -2.82. The van der Waals surface area contributed by atoms with E-state index in [-0.39, 0.29) is 18.7 Å². The number of nitro benzene ring substituents is 1. The molecule has 0 aliphatic heterocycles. The summed E-state index contributed by atoms with van der Waals surface area (Å²) in [6.45, 7) is 5.47. The summed E-state index contributed by atoms with van der Waals surface area (Å²) in [6.07, 6.45) is -0.244. The smallest absolute Gasteiger partial charge is 0.306 e. The van der Waals surface area contributed by atoms with Crippen LogP contribution in [0.3, 0.4) is 0 Å². The Morgan fingerprint density at radius 1 is 1.10 bits per heavy atom. The Morgan fingerprint density at radius 2 is 1.68 bits per heavy atom. The standard InChI is InChI=1S/C22H25N3O6/c1-4-31-19(26)12-18(15-5-7-17(8-6-15)25(29)30)20(21(23)27)24-22(28)16-10-13(2)9-14(3)11-16/h5-11,18,20H,4,12H2,1-3H3,(H2,23,27)(H,24,28)/t18-,20+/m0/s1. The van der Waals surface area contributed by atoms with Crippen molar-refractivity contribution in [2.24, 2.45) is 5.73 Å². The van der Waals surface area contributed by atoms with E-state index in [0.717, 1.165) is 11.1 Å². The maximum absolute atomic E-state index is 12.8. The SMILES string of the molecule is CCOC(=O)C[C@@H](c1ccc([N+](=O)[O-])cc1)[C@@H](NC(=O)c1cc(C)cc(C)c1)C(N)=O. The zero-order chi connectivity index (χ0) is 23.1. The number of hydrogen-bond donors (Lipinski definition) is 2. The van der Waals surface area contributed by atoms with Gasteiger partial charge < -0.3 is 15.8 Å². The van der Waals surface area contributed by atoms with Crippen LogP contribution in [0.4, 0.5) is 5.69 Å². The van der Waals surface area contributed by atoms with E-state index >= 15 is 0 Å². The fourth-order valence-corrected chi connectivity index (χ4v) is 3.37. The van der Waals surface area contributed by atoms with Crippen LogP contribution in [0, 0.1) is 24.0 Å². The highest BCUT2D eigenvalue weighted by Crippen LogP contribution is 2.27. The van der Waals surface area contributed by atoms with Crippen LogP contribution in [0.25, 0.3) is 0 Å². The first-order valence-electron chi connectivity index (χ1n) is 9.70. The van der Waals surface area contributed by atoms with Crippen LogP contribution in [0.1, 0.15) is 46.3 Å². The molecule has 0 aliphatic rings. The van der Waals surface area contributed by atoms with E-state index in [2.05, 4.69) is 5.32 Å². The highest BCUT2D eigenvalue weighted by atomic mass is 16.6. The van der Waals surface area contributed by atoms with Crippen LogP contribution in [-0.4, -0.2) is 35.4 Å². The van der Waals surface area contributed by atoms with Crippen LogP contribution in [-0.2, 0) is 14.3 Å². The van der Waals surface area contributed by atoms with Gasteiger partial charge in [0.1, 0.15) is 6.04 Å². The first-order chi connectivity index (χ1) is 14.6. The van der Waals surface area contributed by atoms with E-state index in [1.54, 1.807) is 19.1 Å². The number of amides is 2. The Hall–Kier alpha value is -3.75. The van der Waals surface area contributed by atoms with E-state index in [4.69, 9.17) is 10.5 Å². The molecule has 3 N–H and O–H groups in total. The first-order valence-corrected chi connectivity index (χ1v) is 9.70. The van der Waals surface area contributed by atoms with Gasteiger partial charge in [0, 0.05) is 23.6 Å². The number of carbonyl (C=O) groups is 3. The minimum atomic E-state index is -1.24. The van der Waals surface area contributed by atoms with E-state index in [1.165, 1.54) is 24.3 Å². The van der Waals surface area contributed by atoms with Crippen molar-refractivity contribution in [2.75, 3.05) is 6.61 Å². The number of nitrogens with one attached hydrogen (secondary N) is 1. The second-order valence-corrected chi connectivity index (χ2v) is 7.19. The number of non-ortho nitro benzene ring substituents is 1. The monoisotopic (exact) mass is 427 g/mol. The van der Waals surface area contributed by atoms with Gasteiger partial charge >= 0.3 is 5.97 Å². The molecule has 0 heterocycles. The molecule has 2 atom stereocenters. The molecule has 31 heavy (non-hydrogen) atoms. The number of esters is 1. The molecule has 0 aromatic heterocycles. The van der Waals surface area contributed by atoms with E-state index in [9.17, 15) is 24.5 Å². The normalized spacial score (nSPS) is 12.5. The minimum Gasteiger partial charge on any atom is -0.466 e. The van der Waals surface area contributed by atoms with Crippen molar-refractivity contribution in [3.05, 3.63) is 74.8 Å². The average Bonchev–Trinajstić information content (AvgIpc) is 2.69. The molecule has 2 aromatic carbocycles. The molecule has 2 aromatic rings. The summed E-state index contributed by atoms with van der Waals surface area (Å²) >= 11 is 0. The lowest BCUT2D eigenvalue weighted by Gasteiger charge is -2.25. The van der Waals surface area contributed by atoms with Crippen LogP contribution < -0.4 is 11.1 Å². The number of aryl methyl sites for hydroxylation is 2. The number of hydrogen-bond acceptors (Lipinski definition) is 6. The number of nitrogens with two attached hydrogens (primary N) is 1. The molecule has 2 amide bonds. The molecule has 0 aliphatic carbocycles. The summed E-state index contributed by atoms with van der Waals surface area (Å²) in [5, 5.41) is 13.6. The number of rotatable bonds is 9. The molecule has 0 saturated carbocycles. The van der Waals surface area contributed by atoms with Crippen LogP contribution in [0.2, 0.25) is 0 Å². The minimum absolute atomic E-state index is 0.141.